The summed E-state index contributed by atoms with van der Waals surface area (Å²) in [5.74, 6) is 2.10. The van der Waals surface area contributed by atoms with Gasteiger partial charge >= 0.3 is 0 Å². The van der Waals surface area contributed by atoms with Crippen molar-refractivity contribution in [3.8, 4) is 11.5 Å². The van der Waals surface area contributed by atoms with Crippen molar-refractivity contribution in [1.29, 1.82) is 0 Å². The van der Waals surface area contributed by atoms with Gasteiger partial charge in [-0.1, -0.05) is 54.6 Å². The van der Waals surface area contributed by atoms with Crippen LogP contribution < -0.4 is 9.47 Å². The highest BCUT2D eigenvalue weighted by Crippen LogP contribution is 2.27. The minimum atomic E-state index is -0.779. The van der Waals surface area contributed by atoms with Crippen molar-refractivity contribution in [2.75, 3.05) is 13.7 Å². The van der Waals surface area contributed by atoms with E-state index in [0.717, 1.165) is 34.5 Å². The van der Waals surface area contributed by atoms with E-state index in [1.807, 2.05) is 78.9 Å². The van der Waals surface area contributed by atoms with Gasteiger partial charge in [-0.3, -0.25) is 0 Å². The summed E-state index contributed by atoms with van der Waals surface area (Å²) in [6, 6.07) is 25.2. The van der Waals surface area contributed by atoms with Crippen LogP contribution in [0.15, 0.2) is 78.9 Å². The molecule has 5 heteroatoms. The molecule has 0 saturated carbocycles. The van der Waals surface area contributed by atoms with Crippen molar-refractivity contribution in [2.24, 2.45) is 0 Å². The minimum Gasteiger partial charge on any atom is -0.493 e. The molecule has 0 bridgehead atoms. The lowest BCUT2D eigenvalue weighted by Gasteiger charge is -2.15. The average Bonchev–Trinajstić information content (AvgIpc) is 3.15. The van der Waals surface area contributed by atoms with E-state index < -0.39 is 6.10 Å². The molecule has 148 valence electrons. The van der Waals surface area contributed by atoms with Crippen molar-refractivity contribution >= 4 is 11.0 Å². The molecule has 0 saturated heterocycles. The van der Waals surface area contributed by atoms with Crippen molar-refractivity contribution in [2.45, 2.75) is 19.1 Å². The van der Waals surface area contributed by atoms with Crippen LogP contribution in [0.5, 0.6) is 11.5 Å². The van der Waals surface area contributed by atoms with Gasteiger partial charge in [0.1, 0.15) is 11.9 Å². The lowest BCUT2D eigenvalue weighted by atomic mass is 10.1. The molecule has 3 aromatic carbocycles. The number of nitrogens with zero attached hydrogens (tertiary/aromatic N) is 2. The molecule has 1 heterocycles. The topological polar surface area (TPSA) is 56.5 Å². The zero-order valence-corrected chi connectivity index (χ0v) is 16.4. The molecular weight excluding hydrogens is 364 g/mol. The molecule has 0 aliphatic carbocycles. The third kappa shape index (κ3) is 4.10. The largest absolute Gasteiger partial charge is 0.493 e. The van der Waals surface area contributed by atoms with Crippen LogP contribution >= 0.6 is 0 Å². The highest BCUT2D eigenvalue weighted by atomic mass is 16.5. The SMILES string of the molecule is COc1ccccc1OCCCn1c(C(O)c2ccccc2)nc2ccccc21. The van der Waals surface area contributed by atoms with Gasteiger partial charge in [0, 0.05) is 6.54 Å². The van der Waals surface area contributed by atoms with E-state index in [1.54, 1.807) is 7.11 Å². The Bertz CT molecular complexity index is 1080. The summed E-state index contributed by atoms with van der Waals surface area (Å²) in [5.41, 5.74) is 2.72. The summed E-state index contributed by atoms with van der Waals surface area (Å²) in [6.45, 7) is 1.22. The lowest BCUT2D eigenvalue weighted by Crippen LogP contribution is -2.12. The molecule has 1 N–H and O–H groups in total. The van der Waals surface area contributed by atoms with Crippen LogP contribution in [0.2, 0.25) is 0 Å². The first kappa shape index (κ1) is 19.0. The van der Waals surface area contributed by atoms with Crippen LogP contribution in [-0.4, -0.2) is 28.4 Å². The molecule has 0 radical (unpaired) electrons. The fourth-order valence-electron chi connectivity index (χ4n) is 3.47. The van der Waals surface area contributed by atoms with E-state index in [1.165, 1.54) is 0 Å². The molecule has 0 aliphatic heterocycles. The number of ether oxygens (including phenoxy) is 2. The second kappa shape index (κ2) is 8.80. The molecular formula is C24H24N2O3. The summed E-state index contributed by atoms with van der Waals surface area (Å²) in [7, 11) is 1.64. The summed E-state index contributed by atoms with van der Waals surface area (Å²) in [5, 5.41) is 10.9. The Morgan fingerprint density at radius 3 is 2.38 bits per heavy atom. The van der Waals surface area contributed by atoms with Gasteiger partial charge in [-0.2, -0.15) is 0 Å². The Morgan fingerprint density at radius 2 is 1.59 bits per heavy atom. The summed E-state index contributed by atoms with van der Waals surface area (Å²) >= 11 is 0. The second-order valence-corrected chi connectivity index (χ2v) is 6.78. The molecule has 1 aromatic heterocycles. The zero-order chi connectivity index (χ0) is 20.1. The monoisotopic (exact) mass is 388 g/mol. The smallest absolute Gasteiger partial charge is 0.161 e. The number of aromatic nitrogens is 2. The van der Waals surface area contributed by atoms with E-state index in [0.29, 0.717) is 19.0 Å². The molecule has 0 fully saturated rings. The lowest BCUT2D eigenvalue weighted by molar-refractivity contribution is 0.203. The predicted octanol–water partition coefficient (Wildman–Crippen LogP) is 4.60. The third-order valence-corrected chi connectivity index (χ3v) is 4.90. The van der Waals surface area contributed by atoms with E-state index in [-0.39, 0.29) is 0 Å². The first-order chi connectivity index (χ1) is 14.3. The number of fused-ring (bicyclic) bond motifs is 1. The first-order valence-corrected chi connectivity index (χ1v) is 9.72. The molecule has 0 aliphatic rings. The number of aliphatic hydroxyl groups excluding tert-OH is 1. The number of benzene rings is 3. The van der Waals surface area contributed by atoms with Gasteiger partial charge in [0.05, 0.1) is 24.8 Å². The summed E-state index contributed by atoms with van der Waals surface area (Å²) in [6.07, 6.45) is -0.00820. The van der Waals surface area contributed by atoms with Gasteiger partial charge in [-0.05, 0) is 36.2 Å². The zero-order valence-electron chi connectivity index (χ0n) is 16.4. The van der Waals surface area contributed by atoms with E-state index in [9.17, 15) is 5.11 Å². The molecule has 29 heavy (non-hydrogen) atoms. The predicted molar refractivity (Wildman–Crippen MR) is 113 cm³/mol. The standard InChI is InChI=1S/C24H24N2O3/c1-28-21-14-7-8-15-22(21)29-17-9-16-26-20-13-6-5-12-19(20)25-24(26)23(27)18-10-3-2-4-11-18/h2-8,10-15,23,27H,9,16-17H2,1H3. The maximum atomic E-state index is 10.9. The number of para-hydroxylation sites is 4. The van der Waals surface area contributed by atoms with Crippen molar-refractivity contribution in [1.82, 2.24) is 9.55 Å². The normalized spacial score (nSPS) is 12.1. The molecule has 0 amide bonds. The van der Waals surface area contributed by atoms with Crippen LogP contribution in [0.4, 0.5) is 0 Å². The van der Waals surface area contributed by atoms with E-state index >= 15 is 0 Å². The van der Waals surface area contributed by atoms with Gasteiger partial charge in [-0.25, -0.2) is 4.98 Å². The van der Waals surface area contributed by atoms with Crippen LogP contribution in [-0.2, 0) is 6.54 Å². The minimum absolute atomic E-state index is 0.535. The number of aryl methyl sites for hydroxylation is 1. The third-order valence-electron chi connectivity index (χ3n) is 4.90. The maximum absolute atomic E-state index is 10.9. The quantitative estimate of drug-likeness (QED) is 0.448. The molecule has 5 nitrogen and oxygen atoms in total. The molecule has 0 spiro atoms. The van der Waals surface area contributed by atoms with E-state index in [4.69, 9.17) is 14.5 Å². The van der Waals surface area contributed by atoms with Crippen molar-refractivity contribution < 1.29 is 14.6 Å². The van der Waals surface area contributed by atoms with Crippen LogP contribution in [0, 0.1) is 0 Å². The number of hydrogen-bond acceptors (Lipinski definition) is 4. The fraction of sp³-hybridized carbons (Fsp3) is 0.208. The van der Waals surface area contributed by atoms with Gasteiger partial charge in [-0.15, -0.1) is 0 Å². The van der Waals surface area contributed by atoms with Gasteiger partial charge in [0.15, 0.2) is 11.5 Å². The van der Waals surface area contributed by atoms with Crippen molar-refractivity contribution in [3.63, 3.8) is 0 Å². The maximum Gasteiger partial charge on any atom is 0.161 e. The number of imidazole rings is 1. The van der Waals surface area contributed by atoms with Crippen molar-refractivity contribution in [3.05, 3.63) is 90.3 Å². The van der Waals surface area contributed by atoms with E-state index in [2.05, 4.69) is 4.57 Å². The molecule has 4 rings (SSSR count). The van der Waals surface area contributed by atoms with Gasteiger partial charge in [0.25, 0.3) is 0 Å². The molecule has 1 atom stereocenters. The Kier molecular flexibility index (Phi) is 5.77. The number of rotatable bonds is 8. The number of methoxy groups -OCH3 is 1. The first-order valence-electron chi connectivity index (χ1n) is 9.72. The highest BCUT2D eigenvalue weighted by molar-refractivity contribution is 5.76. The number of aliphatic hydroxyl groups is 1. The molecule has 1 unspecified atom stereocenters. The Morgan fingerprint density at radius 1 is 0.897 bits per heavy atom. The Hall–Kier alpha value is -3.31. The van der Waals surface area contributed by atoms with Gasteiger partial charge < -0.3 is 19.1 Å². The van der Waals surface area contributed by atoms with Crippen LogP contribution in [0.3, 0.4) is 0 Å². The Balaban J connectivity index is 1.53. The fourth-order valence-corrected chi connectivity index (χ4v) is 3.47. The molecule has 4 aromatic rings. The highest BCUT2D eigenvalue weighted by Gasteiger charge is 2.19. The van der Waals surface area contributed by atoms with Gasteiger partial charge in [0.2, 0.25) is 0 Å². The second-order valence-electron chi connectivity index (χ2n) is 6.78. The van der Waals surface area contributed by atoms with Crippen LogP contribution in [0.25, 0.3) is 11.0 Å². The average molecular weight is 388 g/mol. The summed E-state index contributed by atoms with van der Waals surface area (Å²) in [4.78, 5) is 4.71. The Labute approximate surface area is 170 Å². The number of hydrogen-bond donors (Lipinski definition) is 1. The van der Waals surface area contributed by atoms with Crippen LogP contribution in [0.1, 0.15) is 23.9 Å². The summed E-state index contributed by atoms with van der Waals surface area (Å²) < 4.78 is 13.3.